The van der Waals surface area contributed by atoms with Gasteiger partial charge >= 0.3 is 0 Å². The van der Waals surface area contributed by atoms with E-state index in [1.54, 1.807) is 36.4 Å². The van der Waals surface area contributed by atoms with E-state index in [9.17, 15) is 14.7 Å². The summed E-state index contributed by atoms with van der Waals surface area (Å²) in [5.74, 6) is -1.97. The van der Waals surface area contributed by atoms with Crippen LogP contribution >= 0.6 is 11.6 Å². The van der Waals surface area contributed by atoms with Gasteiger partial charge in [-0.25, -0.2) is 0 Å². The van der Waals surface area contributed by atoms with Crippen LogP contribution in [0.25, 0.3) is 16.5 Å². The van der Waals surface area contributed by atoms with E-state index in [0.29, 0.717) is 16.3 Å². The summed E-state index contributed by atoms with van der Waals surface area (Å²) in [6.45, 7) is 0. The molecular formula is C20H14ClNO3. The molecular weight excluding hydrogens is 338 g/mol. The summed E-state index contributed by atoms with van der Waals surface area (Å²) in [5, 5.41) is 14.9. The number of anilines is 1. The monoisotopic (exact) mass is 351 g/mol. The number of hydrogen-bond donors (Lipinski definition) is 2. The maximum atomic E-state index is 12.1. The molecule has 5 heteroatoms. The molecule has 0 aliphatic heterocycles. The highest BCUT2D eigenvalue weighted by Gasteiger charge is 2.14. The molecule has 0 aliphatic rings. The topological polar surface area (TPSA) is 66.4 Å². The Morgan fingerprint density at radius 1 is 0.920 bits per heavy atom. The van der Waals surface area contributed by atoms with Gasteiger partial charge in [-0.1, -0.05) is 48.0 Å². The van der Waals surface area contributed by atoms with Crippen LogP contribution in [-0.2, 0) is 9.59 Å². The largest absolute Gasteiger partial charge is 0.507 e. The van der Waals surface area contributed by atoms with Crippen molar-refractivity contribution in [1.29, 1.82) is 0 Å². The van der Waals surface area contributed by atoms with Gasteiger partial charge in [0.15, 0.2) is 0 Å². The first-order valence-electron chi connectivity index (χ1n) is 7.54. The van der Waals surface area contributed by atoms with Gasteiger partial charge in [-0.2, -0.15) is 0 Å². The summed E-state index contributed by atoms with van der Waals surface area (Å²) in [6.07, 6.45) is 0.893. The Bertz CT molecular complexity index is 972. The zero-order valence-corrected chi connectivity index (χ0v) is 13.8. The second-order valence-corrected chi connectivity index (χ2v) is 5.82. The maximum Gasteiger partial charge on any atom is 0.296 e. The first kappa shape index (κ1) is 16.7. The van der Waals surface area contributed by atoms with Crippen molar-refractivity contribution in [1.82, 2.24) is 0 Å². The second-order valence-electron chi connectivity index (χ2n) is 5.38. The quantitative estimate of drug-likeness (QED) is 0.410. The van der Waals surface area contributed by atoms with Crippen molar-refractivity contribution < 1.29 is 14.7 Å². The molecule has 4 nitrogen and oxygen atoms in total. The van der Waals surface area contributed by atoms with Gasteiger partial charge in [-0.15, -0.1) is 0 Å². The highest BCUT2D eigenvalue weighted by Crippen LogP contribution is 2.23. The molecule has 124 valence electrons. The van der Waals surface area contributed by atoms with Crippen LogP contribution in [0.3, 0.4) is 0 Å². The van der Waals surface area contributed by atoms with E-state index in [2.05, 4.69) is 5.32 Å². The van der Waals surface area contributed by atoms with Crippen LogP contribution in [0.1, 0.15) is 5.56 Å². The third-order valence-corrected chi connectivity index (χ3v) is 3.92. The third-order valence-electron chi connectivity index (χ3n) is 3.67. The average molecular weight is 352 g/mol. The Kier molecular flexibility index (Phi) is 4.82. The minimum atomic E-state index is -0.847. The van der Waals surface area contributed by atoms with Gasteiger partial charge < -0.3 is 10.4 Å². The number of rotatable bonds is 4. The smallest absolute Gasteiger partial charge is 0.296 e. The number of aliphatic hydroxyl groups is 1. The SMILES string of the molecule is O=C(C=C(O)c1ccc(Cl)cc1)C(=O)Nc1cccc2ccccc12. The van der Waals surface area contributed by atoms with E-state index >= 15 is 0 Å². The Morgan fingerprint density at radius 3 is 2.36 bits per heavy atom. The molecule has 0 aliphatic carbocycles. The lowest BCUT2D eigenvalue weighted by atomic mass is 10.1. The second kappa shape index (κ2) is 7.20. The Balaban J connectivity index is 1.79. The molecule has 0 radical (unpaired) electrons. The molecule has 0 saturated carbocycles. The summed E-state index contributed by atoms with van der Waals surface area (Å²) in [6, 6.07) is 19.2. The number of benzene rings is 3. The first-order chi connectivity index (χ1) is 12.0. The molecule has 0 aromatic heterocycles. The van der Waals surface area contributed by atoms with Gasteiger partial charge in [0.05, 0.1) is 0 Å². The van der Waals surface area contributed by atoms with Crippen molar-refractivity contribution in [2.24, 2.45) is 0 Å². The van der Waals surface area contributed by atoms with Crippen molar-refractivity contribution in [3.05, 3.63) is 83.4 Å². The predicted octanol–water partition coefficient (Wildman–Crippen LogP) is 4.60. The van der Waals surface area contributed by atoms with E-state index < -0.39 is 11.7 Å². The lowest BCUT2D eigenvalue weighted by Crippen LogP contribution is -2.21. The summed E-state index contributed by atoms with van der Waals surface area (Å²) < 4.78 is 0. The Hall–Kier alpha value is -3.11. The number of hydrogen-bond acceptors (Lipinski definition) is 3. The number of fused-ring (bicyclic) bond motifs is 1. The Labute approximate surface area is 149 Å². The van der Waals surface area contributed by atoms with Crippen molar-refractivity contribution >= 4 is 45.5 Å². The third kappa shape index (κ3) is 3.87. The Morgan fingerprint density at radius 2 is 1.60 bits per heavy atom. The van der Waals surface area contributed by atoms with E-state index in [1.165, 1.54) is 0 Å². The zero-order valence-electron chi connectivity index (χ0n) is 13.1. The van der Waals surface area contributed by atoms with Crippen LogP contribution < -0.4 is 5.32 Å². The van der Waals surface area contributed by atoms with E-state index in [-0.39, 0.29) is 5.76 Å². The van der Waals surface area contributed by atoms with E-state index in [0.717, 1.165) is 16.8 Å². The van der Waals surface area contributed by atoms with Crippen molar-refractivity contribution in [2.75, 3.05) is 5.32 Å². The van der Waals surface area contributed by atoms with Gasteiger partial charge in [0.2, 0.25) is 5.78 Å². The fraction of sp³-hybridized carbons (Fsp3) is 0. The number of halogens is 1. The van der Waals surface area contributed by atoms with Crippen LogP contribution in [0.4, 0.5) is 5.69 Å². The van der Waals surface area contributed by atoms with E-state index in [1.807, 2.05) is 30.3 Å². The molecule has 0 bridgehead atoms. The normalized spacial score (nSPS) is 11.3. The molecule has 3 aromatic rings. The van der Waals surface area contributed by atoms with Gasteiger partial charge in [-0.3, -0.25) is 9.59 Å². The molecule has 0 fully saturated rings. The van der Waals surface area contributed by atoms with Crippen molar-refractivity contribution in [3.63, 3.8) is 0 Å². The number of carbonyl (C=O) groups excluding carboxylic acids is 2. The highest BCUT2D eigenvalue weighted by atomic mass is 35.5. The fourth-order valence-electron chi connectivity index (χ4n) is 2.41. The summed E-state index contributed by atoms with van der Waals surface area (Å²) >= 11 is 5.78. The molecule has 0 unspecified atom stereocenters. The molecule has 1 amide bonds. The standard InChI is InChI=1S/C20H14ClNO3/c21-15-10-8-14(9-11-15)18(23)12-19(24)20(25)22-17-7-3-5-13-4-1-2-6-16(13)17/h1-12,23H,(H,22,25). The molecule has 0 heterocycles. The predicted molar refractivity (Wildman–Crippen MR) is 99.6 cm³/mol. The lowest BCUT2D eigenvalue weighted by Gasteiger charge is -2.07. The summed E-state index contributed by atoms with van der Waals surface area (Å²) in [5.41, 5.74) is 0.937. The van der Waals surface area contributed by atoms with Crippen LogP contribution in [0.2, 0.25) is 5.02 Å². The number of amides is 1. The van der Waals surface area contributed by atoms with Crippen molar-refractivity contribution in [3.8, 4) is 0 Å². The molecule has 0 atom stereocenters. The summed E-state index contributed by atoms with van der Waals surface area (Å²) in [7, 11) is 0. The van der Waals surface area contributed by atoms with Crippen LogP contribution in [0, 0.1) is 0 Å². The fourth-order valence-corrected chi connectivity index (χ4v) is 2.54. The average Bonchev–Trinajstić information content (AvgIpc) is 2.62. The zero-order chi connectivity index (χ0) is 17.8. The molecule has 25 heavy (non-hydrogen) atoms. The minimum absolute atomic E-state index is 0.297. The van der Waals surface area contributed by atoms with Crippen LogP contribution in [-0.4, -0.2) is 16.8 Å². The van der Waals surface area contributed by atoms with Crippen molar-refractivity contribution in [2.45, 2.75) is 0 Å². The van der Waals surface area contributed by atoms with Gasteiger partial charge in [0.25, 0.3) is 5.91 Å². The molecule has 3 rings (SSSR count). The number of aliphatic hydroxyl groups excluding tert-OH is 1. The van der Waals surface area contributed by atoms with Gasteiger partial charge in [0.1, 0.15) is 5.76 Å². The minimum Gasteiger partial charge on any atom is -0.507 e. The number of nitrogens with one attached hydrogen (secondary N) is 1. The molecule has 0 spiro atoms. The first-order valence-corrected chi connectivity index (χ1v) is 7.92. The van der Waals surface area contributed by atoms with Crippen LogP contribution in [0.15, 0.2) is 72.8 Å². The van der Waals surface area contributed by atoms with Gasteiger partial charge in [-0.05, 0) is 35.7 Å². The van der Waals surface area contributed by atoms with E-state index in [4.69, 9.17) is 11.6 Å². The maximum absolute atomic E-state index is 12.1. The summed E-state index contributed by atoms with van der Waals surface area (Å²) in [4.78, 5) is 24.2. The number of ketones is 1. The van der Waals surface area contributed by atoms with Gasteiger partial charge in [0, 0.05) is 27.7 Å². The highest BCUT2D eigenvalue weighted by molar-refractivity contribution is 6.45. The lowest BCUT2D eigenvalue weighted by molar-refractivity contribution is -0.131. The molecule has 0 saturated heterocycles. The number of carbonyl (C=O) groups is 2. The molecule has 2 N–H and O–H groups in total. The van der Waals surface area contributed by atoms with Crippen LogP contribution in [0.5, 0.6) is 0 Å². The molecule has 3 aromatic carbocycles.